The van der Waals surface area contributed by atoms with Crippen LogP contribution in [-0.2, 0) is 14.3 Å². The van der Waals surface area contributed by atoms with Gasteiger partial charge in [-0.15, -0.1) is 10.2 Å². The lowest BCUT2D eigenvalue weighted by Crippen LogP contribution is -2.51. The van der Waals surface area contributed by atoms with Crippen LogP contribution in [0, 0.1) is 12.8 Å². The van der Waals surface area contributed by atoms with E-state index in [1.807, 2.05) is 25.2 Å². The van der Waals surface area contributed by atoms with E-state index in [1.165, 1.54) is 0 Å². The molecular formula is C28H42N8O4. The summed E-state index contributed by atoms with van der Waals surface area (Å²) in [5, 5.41) is 17.7. The van der Waals surface area contributed by atoms with Crippen LogP contribution in [0.15, 0.2) is 18.2 Å². The molecule has 218 valence electrons. The zero-order valence-corrected chi connectivity index (χ0v) is 24.4. The summed E-state index contributed by atoms with van der Waals surface area (Å²) in [5.74, 6) is 1.18. The van der Waals surface area contributed by atoms with Crippen molar-refractivity contribution in [2.45, 2.75) is 66.0 Å². The number of carbonyl (C=O) groups is 2. The summed E-state index contributed by atoms with van der Waals surface area (Å²) >= 11 is 0. The Hall–Kier alpha value is -3.67. The van der Waals surface area contributed by atoms with E-state index in [4.69, 9.17) is 14.5 Å². The van der Waals surface area contributed by atoms with Gasteiger partial charge in [0, 0.05) is 31.9 Å². The SMILES string of the molecule is Cc1nnc2c(NCCCCNC(=O)[C@@H](NC(=O)OC(C)(C)C)C(C)C)nc3cc(N4CCOCC4)ccc3n12. The van der Waals surface area contributed by atoms with Crippen molar-refractivity contribution in [3.8, 4) is 0 Å². The number of hydrogen-bond donors (Lipinski definition) is 3. The van der Waals surface area contributed by atoms with E-state index in [2.05, 4.69) is 49.2 Å². The van der Waals surface area contributed by atoms with Crippen molar-refractivity contribution < 1.29 is 19.1 Å². The highest BCUT2D eigenvalue weighted by atomic mass is 16.6. The molecule has 0 saturated carbocycles. The molecule has 1 aliphatic heterocycles. The number of ether oxygens (including phenoxy) is 2. The van der Waals surface area contributed by atoms with E-state index in [1.54, 1.807) is 20.8 Å². The first kappa shape index (κ1) is 29.3. The number of benzene rings is 1. The van der Waals surface area contributed by atoms with E-state index in [0.29, 0.717) is 24.6 Å². The molecule has 1 fully saturated rings. The Labute approximate surface area is 235 Å². The fourth-order valence-electron chi connectivity index (χ4n) is 4.65. The summed E-state index contributed by atoms with van der Waals surface area (Å²) in [7, 11) is 0. The molecule has 0 spiro atoms. The first-order chi connectivity index (χ1) is 19.0. The normalized spacial score (nSPS) is 14.9. The molecule has 40 heavy (non-hydrogen) atoms. The second-order valence-electron chi connectivity index (χ2n) is 11.4. The molecule has 0 radical (unpaired) electrons. The van der Waals surface area contributed by atoms with Crippen molar-refractivity contribution in [2.75, 3.05) is 49.6 Å². The number of aromatic nitrogens is 4. The molecule has 12 heteroatoms. The summed E-state index contributed by atoms with van der Waals surface area (Å²) in [4.78, 5) is 32.1. The molecular weight excluding hydrogens is 512 g/mol. The second kappa shape index (κ2) is 12.7. The average molecular weight is 555 g/mol. The van der Waals surface area contributed by atoms with Crippen LogP contribution in [0.3, 0.4) is 0 Å². The molecule has 3 N–H and O–H groups in total. The number of carbonyl (C=O) groups excluding carboxylic acids is 2. The van der Waals surface area contributed by atoms with E-state index >= 15 is 0 Å². The monoisotopic (exact) mass is 554 g/mol. The second-order valence-corrected chi connectivity index (χ2v) is 11.4. The lowest BCUT2D eigenvalue weighted by Gasteiger charge is -2.29. The number of rotatable bonds is 10. The van der Waals surface area contributed by atoms with Gasteiger partial charge in [0.2, 0.25) is 11.6 Å². The maximum absolute atomic E-state index is 12.7. The fourth-order valence-corrected chi connectivity index (χ4v) is 4.65. The van der Waals surface area contributed by atoms with Crippen LogP contribution in [0.5, 0.6) is 0 Å². The fraction of sp³-hybridized carbons (Fsp3) is 0.607. The minimum absolute atomic E-state index is 0.0778. The highest BCUT2D eigenvalue weighted by molar-refractivity contribution is 5.86. The maximum atomic E-state index is 12.7. The number of anilines is 2. The van der Waals surface area contributed by atoms with Crippen molar-refractivity contribution in [2.24, 2.45) is 5.92 Å². The number of amides is 2. The standard InChI is InChI=1S/C28H42N8O4/c1-18(2)23(32-27(38)40-28(4,5)6)26(37)30-12-8-7-11-29-24-25-34-33-19(3)36(25)22-10-9-20(17-21(22)31-24)35-13-15-39-16-14-35/h9-10,17-18,23H,7-8,11-16H2,1-6H3,(H,29,31)(H,30,37)(H,32,38)/t23-/m0/s1. The Morgan fingerprint density at radius 1 is 1.10 bits per heavy atom. The largest absolute Gasteiger partial charge is 0.444 e. The van der Waals surface area contributed by atoms with Crippen molar-refractivity contribution in [1.82, 2.24) is 30.2 Å². The predicted octanol–water partition coefficient (Wildman–Crippen LogP) is 3.28. The molecule has 0 unspecified atom stereocenters. The van der Waals surface area contributed by atoms with Crippen LogP contribution >= 0.6 is 0 Å². The Morgan fingerprint density at radius 3 is 2.52 bits per heavy atom. The van der Waals surface area contributed by atoms with Gasteiger partial charge in [-0.2, -0.15) is 0 Å². The molecule has 2 aromatic heterocycles. The number of unbranched alkanes of at least 4 members (excludes halogenated alkanes) is 1. The Balaban J connectivity index is 1.33. The quantitative estimate of drug-likeness (QED) is 0.323. The van der Waals surface area contributed by atoms with Gasteiger partial charge in [0.1, 0.15) is 17.5 Å². The summed E-state index contributed by atoms with van der Waals surface area (Å²) < 4.78 is 12.8. The van der Waals surface area contributed by atoms with Crippen molar-refractivity contribution >= 4 is 40.2 Å². The van der Waals surface area contributed by atoms with Crippen LogP contribution in [0.4, 0.5) is 16.3 Å². The summed E-state index contributed by atoms with van der Waals surface area (Å²) in [6.45, 7) is 15.4. The number of alkyl carbamates (subject to hydrolysis) is 1. The van der Waals surface area contributed by atoms with Crippen molar-refractivity contribution in [3.05, 3.63) is 24.0 Å². The third-order valence-electron chi connectivity index (χ3n) is 6.66. The van der Waals surface area contributed by atoms with Gasteiger partial charge in [0.05, 0.1) is 24.2 Å². The molecule has 1 aromatic carbocycles. The van der Waals surface area contributed by atoms with Crippen LogP contribution in [-0.4, -0.2) is 82.6 Å². The highest BCUT2D eigenvalue weighted by Gasteiger charge is 2.26. The van der Waals surface area contributed by atoms with Gasteiger partial charge in [0.15, 0.2) is 5.82 Å². The van der Waals surface area contributed by atoms with Crippen molar-refractivity contribution in [1.29, 1.82) is 0 Å². The van der Waals surface area contributed by atoms with E-state index in [0.717, 1.165) is 61.7 Å². The summed E-state index contributed by atoms with van der Waals surface area (Å²) in [6, 6.07) is 5.63. The van der Waals surface area contributed by atoms with Crippen molar-refractivity contribution in [3.63, 3.8) is 0 Å². The molecule has 2 amide bonds. The summed E-state index contributed by atoms with van der Waals surface area (Å²) in [6.07, 6.45) is 0.964. The molecule has 3 aromatic rings. The van der Waals surface area contributed by atoms with Crippen LogP contribution in [0.1, 0.15) is 53.3 Å². The summed E-state index contributed by atoms with van der Waals surface area (Å²) in [5.41, 5.74) is 3.01. The highest BCUT2D eigenvalue weighted by Crippen LogP contribution is 2.26. The lowest BCUT2D eigenvalue weighted by molar-refractivity contribution is -0.124. The van der Waals surface area contributed by atoms with Gasteiger partial charge in [-0.05, 0) is 64.7 Å². The van der Waals surface area contributed by atoms with E-state index in [9.17, 15) is 9.59 Å². The molecule has 1 saturated heterocycles. The molecule has 1 aliphatic rings. The number of morpholine rings is 1. The van der Waals surface area contributed by atoms with Gasteiger partial charge in [-0.1, -0.05) is 13.8 Å². The zero-order valence-electron chi connectivity index (χ0n) is 24.4. The number of aryl methyl sites for hydroxylation is 1. The van der Waals surface area contributed by atoms with E-state index < -0.39 is 17.7 Å². The number of fused-ring (bicyclic) bond motifs is 3. The number of hydrogen-bond acceptors (Lipinski definition) is 9. The minimum atomic E-state index is -0.665. The van der Waals surface area contributed by atoms with Gasteiger partial charge in [0.25, 0.3) is 0 Å². The first-order valence-electron chi connectivity index (χ1n) is 14.0. The van der Waals surface area contributed by atoms with Gasteiger partial charge >= 0.3 is 6.09 Å². The van der Waals surface area contributed by atoms with Crippen LogP contribution < -0.4 is 20.9 Å². The smallest absolute Gasteiger partial charge is 0.408 e. The topological polar surface area (TPSA) is 135 Å². The molecule has 12 nitrogen and oxygen atoms in total. The minimum Gasteiger partial charge on any atom is -0.444 e. The third kappa shape index (κ3) is 7.29. The van der Waals surface area contributed by atoms with Gasteiger partial charge in [-0.3, -0.25) is 9.20 Å². The maximum Gasteiger partial charge on any atom is 0.408 e. The van der Waals surface area contributed by atoms with Gasteiger partial charge < -0.3 is 30.3 Å². The van der Waals surface area contributed by atoms with Gasteiger partial charge in [-0.25, -0.2) is 9.78 Å². The van der Waals surface area contributed by atoms with Crippen LogP contribution in [0.2, 0.25) is 0 Å². The first-order valence-corrected chi connectivity index (χ1v) is 14.0. The van der Waals surface area contributed by atoms with E-state index in [-0.39, 0.29) is 11.8 Å². The van der Waals surface area contributed by atoms with Crippen LogP contribution in [0.25, 0.3) is 16.7 Å². The Kier molecular flexibility index (Phi) is 9.28. The third-order valence-corrected chi connectivity index (χ3v) is 6.66. The molecule has 1 atom stereocenters. The molecule has 0 aliphatic carbocycles. The Bertz CT molecular complexity index is 1330. The number of nitrogens with one attached hydrogen (secondary N) is 3. The molecule has 3 heterocycles. The zero-order chi connectivity index (χ0) is 28.9. The average Bonchev–Trinajstić information content (AvgIpc) is 3.30. The Morgan fingerprint density at radius 2 is 1.82 bits per heavy atom. The molecule has 0 bridgehead atoms. The lowest BCUT2D eigenvalue weighted by atomic mass is 10.0. The predicted molar refractivity (Wildman–Crippen MR) is 155 cm³/mol. The number of nitrogens with zero attached hydrogens (tertiary/aromatic N) is 5. The molecule has 4 rings (SSSR count).